The van der Waals surface area contributed by atoms with Crippen LogP contribution in [0.5, 0.6) is 0 Å². The molecule has 0 aliphatic carbocycles. The molecular weight excluding hydrogens is 597 g/mol. The molecule has 3 rings (SSSR count). The highest BCUT2D eigenvalue weighted by Gasteiger charge is 2.62. The van der Waals surface area contributed by atoms with E-state index in [0.29, 0.717) is 14.7 Å². The van der Waals surface area contributed by atoms with Gasteiger partial charge in [-0.05, 0) is 5.56 Å². The topological polar surface area (TPSA) is 184 Å². The molecule has 0 spiro atoms. The molecule has 1 aromatic heterocycles. The molecule has 2 N–H and O–H groups in total. The van der Waals surface area contributed by atoms with Gasteiger partial charge in [0.1, 0.15) is 6.04 Å². The standard InChI is InChI=1S/C30H38FN3O11/c1-16(2)25(36)41-14-30(31)23(44-27(38)18(5)6)22(43-26(37)17(3)4)24(45-30)33-13-12-20(35)34(29(33)40)15-42-28(39)21(32)19-10-8-7-9-11-19/h7-13,16-18,21-24H,14-15,32H2,1-6H3/t21-,22+,23-,24+,30+/m0/s1. The first-order valence-corrected chi connectivity index (χ1v) is 14.3. The van der Waals surface area contributed by atoms with E-state index in [-0.39, 0.29) is 0 Å². The van der Waals surface area contributed by atoms with Crippen molar-refractivity contribution in [2.45, 2.75) is 78.6 Å². The van der Waals surface area contributed by atoms with Crippen molar-refractivity contribution in [3.8, 4) is 0 Å². The molecule has 0 unspecified atom stereocenters. The summed E-state index contributed by atoms with van der Waals surface area (Å²) in [7, 11) is 0. The van der Waals surface area contributed by atoms with E-state index >= 15 is 4.39 Å². The number of aromatic nitrogens is 2. The van der Waals surface area contributed by atoms with Gasteiger partial charge in [-0.3, -0.25) is 23.7 Å². The molecule has 1 aromatic carbocycles. The molecule has 2 aromatic rings. The Bertz CT molecular complexity index is 1500. The van der Waals surface area contributed by atoms with Gasteiger partial charge in [-0.25, -0.2) is 18.5 Å². The minimum atomic E-state index is -3.10. The Morgan fingerprint density at radius 3 is 2.02 bits per heavy atom. The van der Waals surface area contributed by atoms with Gasteiger partial charge in [0.15, 0.2) is 25.7 Å². The zero-order valence-corrected chi connectivity index (χ0v) is 25.8. The third-order valence-corrected chi connectivity index (χ3v) is 6.76. The summed E-state index contributed by atoms with van der Waals surface area (Å²) >= 11 is 0. The maximum absolute atomic E-state index is 16.6. The Labute approximate surface area is 258 Å². The summed E-state index contributed by atoms with van der Waals surface area (Å²) in [4.78, 5) is 76.4. The number of carbonyl (C=O) groups excluding carboxylic acids is 4. The third-order valence-electron chi connectivity index (χ3n) is 6.76. The molecule has 246 valence electrons. The Balaban J connectivity index is 2.03. The van der Waals surface area contributed by atoms with Crippen molar-refractivity contribution >= 4 is 23.9 Å². The Kier molecular flexibility index (Phi) is 11.4. The van der Waals surface area contributed by atoms with Crippen LogP contribution in [0, 0.1) is 17.8 Å². The molecule has 15 heteroatoms. The van der Waals surface area contributed by atoms with Crippen LogP contribution in [-0.2, 0) is 49.6 Å². The lowest BCUT2D eigenvalue weighted by Crippen LogP contribution is -2.49. The van der Waals surface area contributed by atoms with Gasteiger partial charge in [-0.2, -0.15) is 0 Å². The van der Waals surface area contributed by atoms with Crippen LogP contribution in [0.15, 0.2) is 52.2 Å². The molecule has 1 fully saturated rings. The monoisotopic (exact) mass is 635 g/mol. The Hall–Kier alpha value is -4.37. The summed E-state index contributed by atoms with van der Waals surface area (Å²) in [5.74, 6) is -8.74. The van der Waals surface area contributed by atoms with E-state index in [0.717, 1.165) is 12.3 Å². The van der Waals surface area contributed by atoms with E-state index < -0.39 is 96.6 Å². The fraction of sp³-hybridized carbons (Fsp3) is 0.533. The van der Waals surface area contributed by atoms with Crippen LogP contribution in [0.3, 0.4) is 0 Å². The van der Waals surface area contributed by atoms with Gasteiger partial charge >= 0.3 is 29.6 Å². The lowest BCUT2D eigenvalue weighted by molar-refractivity contribution is -0.226. The van der Waals surface area contributed by atoms with Gasteiger partial charge in [-0.15, -0.1) is 0 Å². The van der Waals surface area contributed by atoms with Crippen LogP contribution in [-0.4, -0.2) is 57.7 Å². The molecular formula is C30H38FN3O11. The number of rotatable bonds is 12. The molecule has 0 radical (unpaired) electrons. The minimum Gasteiger partial charge on any atom is -0.459 e. The van der Waals surface area contributed by atoms with Crippen LogP contribution in [0.4, 0.5) is 4.39 Å². The first kappa shape index (κ1) is 35.1. The molecule has 2 heterocycles. The number of hydrogen-bond donors (Lipinski definition) is 1. The van der Waals surface area contributed by atoms with Crippen LogP contribution >= 0.6 is 0 Å². The molecule has 14 nitrogen and oxygen atoms in total. The highest BCUT2D eigenvalue weighted by molar-refractivity contribution is 5.77. The summed E-state index contributed by atoms with van der Waals surface area (Å²) in [6, 6.07) is 7.91. The smallest absolute Gasteiger partial charge is 0.336 e. The number of halogens is 1. The largest absolute Gasteiger partial charge is 0.459 e. The van der Waals surface area contributed by atoms with Crippen molar-refractivity contribution in [1.29, 1.82) is 0 Å². The predicted molar refractivity (Wildman–Crippen MR) is 154 cm³/mol. The highest BCUT2D eigenvalue weighted by Crippen LogP contribution is 2.42. The van der Waals surface area contributed by atoms with Gasteiger partial charge in [0.05, 0.1) is 17.8 Å². The zero-order valence-electron chi connectivity index (χ0n) is 25.8. The third kappa shape index (κ3) is 8.22. The number of nitrogens with zero attached hydrogens (tertiary/aromatic N) is 2. The van der Waals surface area contributed by atoms with E-state index in [1.54, 1.807) is 30.3 Å². The van der Waals surface area contributed by atoms with Gasteiger partial charge in [-0.1, -0.05) is 71.9 Å². The van der Waals surface area contributed by atoms with E-state index in [4.69, 9.17) is 29.4 Å². The van der Waals surface area contributed by atoms with E-state index in [9.17, 15) is 28.8 Å². The zero-order chi connectivity index (χ0) is 33.6. The van der Waals surface area contributed by atoms with Crippen molar-refractivity contribution in [2.75, 3.05) is 6.61 Å². The normalized spacial score (nSPS) is 21.9. The second-order valence-corrected chi connectivity index (χ2v) is 11.4. The summed E-state index contributed by atoms with van der Waals surface area (Å²) in [5.41, 5.74) is 4.31. The van der Waals surface area contributed by atoms with Crippen molar-refractivity contribution in [3.05, 3.63) is 69.0 Å². The summed E-state index contributed by atoms with van der Waals surface area (Å²) in [5, 5.41) is 0. The molecule has 45 heavy (non-hydrogen) atoms. The van der Waals surface area contributed by atoms with Crippen LogP contribution < -0.4 is 17.0 Å². The lowest BCUT2D eigenvalue weighted by Gasteiger charge is -2.28. The summed E-state index contributed by atoms with van der Waals surface area (Å²) in [6.07, 6.45) is -4.67. The number of benzene rings is 1. The number of esters is 4. The summed E-state index contributed by atoms with van der Waals surface area (Å²) in [6.45, 7) is 7.01. The fourth-order valence-electron chi connectivity index (χ4n) is 4.06. The number of ether oxygens (including phenoxy) is 5. The second kappa shape index (κ2) is 14.6. The van der Waals surface area contributed by atoms with Crippen molar-refractivity contribution < 1.29 is 47.3 Å². The van der Waals surface area contributed by atoms with Crippen molar-refractivity contribution in [1.82, 2.24) is 9.13 Å². The Morgan fingerprint density at radius 2 is 1.44 bits per heavy atom. The molecule has 0 bridgehead atoms. The van der Waals surface area contributed by atoms with Crippen LogP contribution in [0.25, 0.3) is 0 Å². The van der Waals surface area contributed by atoms with E-state index in [1.807, 2.05) is 0 Å². The highest BCUT2D eigenvalue weighted by atomic mass is 19.2. The van der Waals surface area contributed by atoms with Gasteiger partial charge in [0.2, 0.25) is 6.10 Å². The molecule has 1 aliphatic heterocycles. The lowest BCUT2D eigenvalue weighted by atomic mass is 10.1. The van der Waals surface area contributed by atoms with E-state index in [1.165, 1.54) is 41.5 Å². The van der Waals surface area contributed by atoms with Gasteiger partial charge in [0, 0.05) is 12.3 Å². The van der Waals surface area contributed by atoms with Crippen molar-refractivity contribution in [3.63, 3.8) is 0 Å². The first-order chi connectivity index (χ1) is 21.1. The molecule has 1 aliphatic rings. The maximum Gasteiger partial charge on any atom is 0.336 e. The average molecular weight is 636 g/mol. The first-order valence-electron chi connectivity index (χ1n) is 14.3. The molecule has 0 amide bonds. The number of hydrogen-bond acceptors (Lipinski definition) is 12. The quantitative estimate of drug-likeness (QED) is 0.264. The summed E-state index contributed by atoms with van der Waals surface area (Å²) < 4.78 is 44.5. The van der Waals surface area contributed by atoms with Gasteiger partial charge < -0.3 is 29.4 Å². The SMILES string of the molecule is CC(C)C(=O)OC[C@@]1(F)O[C@@H](n2ccc(=O)n(COC(=O)[C@@H](N)c3ccccc3)c2=O)[C@H](OC(=O)C(C)C)[C@@H]1OC(=O)C(C)C. The number of carbonyl (C=O) groups is 4. The second-order valence-electron chi connectivity index (χ2n) is 11.4. The fourth-order valence-corrected chi connectivity index (χ4v) is 4.06. The average Bonchev–Trinajstić information content (AvgIpc) is 3.25. The molecule has 1 saturated heterocycles. The maximum atomic E-state index is 16.6. The number of nitrogens with two attached hydrogens (primary N) is 1. The number of alkyl halides is 1. The van der Waals surface area contributed by atoms with Crippen LogP contribution in [0.2, 0.25) is 0 Å². The minimum absolute atomic E-state index is 0.425. The van der Waals surface area contributed by atoms with Crippen molar-refractivity contribution in [2.24, 2.45) is 23.5 Å². The predicted octanol–water partition coefficient (Wildman–Crippen LogP) is 1.74. The molecule has 5 atom stereocenters. The molecule has 0 saturated carbocycles. The van der Waals surface area contributed by atoms with Crippen LogP contribution in [0.1, 0.15) is 59.4 Å². The van der Waals surface area contributed by atoms with E-state index in [2.05, 4.69) is 0 Å². The Morgan fingerprint density at radius 1 is 0.867 bits per heavy atom. The van der Waals surface area contributed by atoms with Gasteiger partial charge in [0.25, 0.3) is 11.4 Å².